The van der Waals surface area contributed by atoms with Gasteiger partial charge in [-0.05, 0) is 61.6 Å². The highest BCUT2D eigenvalue weighted by molar-refractivity contribution is 6.35. The van der Waals surface area contributed by atoms with E-state index in [4.69, 9.17) is 4.74 Å². The van der Waals surface area contributed by atoms with Crippen molar-refractivity contribution in [2.45, 2.75) is 32.7 Å². The second-order valence-corrected chi connectivity index (χ2v) is 7.28. The lowest BCUT2D eigenvalue weighted by Gasteiger charge is -2.29. The number of benzene rings is 1. The molecule has 6 heteroatoms. The van der Waals surface area contributed by atoms with Gasteiger partial charge in [-0.25, -0.2) is 0 Å². The van der Waals surface area contributed by atoms with Crippen LogP contribution in [0.25, 0.3) is 5.57 Å². The van der Waals surface area contributed by atoms with Crippen molar-refractivity contribution in [2.24, 2.45) is 0 Å². The van der Waals surface area contributed by atoms with Crippen LogP contribution in [0.1, 0.15) is 37.3 Å². The largest absolute Gasteiger partial charge is 0.494 e. The zero-order valence-corrected chi connectivity index (χ0v) is 16.6. The number of amides is 2. The fourth-order valence-corrected chi connectivity index (χ4v) is 3.93. The lowest BCUT2D eigenvalue weighted by Crippen LogP contribution is -2.36. The zero-order valence-electron chi connectivity index (χ0n) is 16.6. The molecule has 2 amide bonds. The molecule has 6 nitrogen and oxygen atoms in total. The predicted molar refractivity (Wildman–Crippen MR) is 110 cm³/mol. The van der Waals surface area contributed by atoms with Crippen LogP contribution in [0.3, 0.4) is 0 Å². The minimum Gasteiger partial charge on any atom is -0.494 e. The summed E-state index contributed by atoms with van der Waals surface area (Å²) in [7, 11) is 0. The molecule has 2 aliphatic rings. The molecule has 0 unspecified atom stereocenters. The molecule has 0 saturated carbocycles. The molecule has 2 aliphatic heterocycles. The molecular weight excluding hydrogens is 366 g/mol. The van der Waals surface area contributed by atoms with Gasteiger partial charge in [-0.1, -0.05) is 12.1 Å². The normalized spacial score (nSPS) is 17.3. The van der Waals surface area contributed by atoms with Gasteiger partial charge in [0.05, 0.1) is 18.7 Å². The van der Waals surface area contributed by atoms with Crippen molar-refractivity contribution < 1.29 is 14.3 Å². The molecule has 1 saturated heterocycles. The van der Waals surface area contributed by atoms with Gasteiger partial charge >= 0.3 is 0 Å². The number of imide groups is 1. The van der Waals surface area contributed by atoms with E-state index in [9.17, 15) is 9.59 Å². The average Bonchev–Trinajstić information content (AvgIpc) is 3.01. The Bertz CT molecular complexity index is 916. The molecule has 0 bridgehead atoms. The third-order valence-electron chi connectivity index (χ3n) is 5.36. The Kier molecular flexibility index (Phi) is 5.60. The van der Waals surface area contributed by atoms with Crippen molar-refractivity contribution in [1.29, 1.82) is 0 Å². The molecule has 29 heavy (non-hydrogen) atoms. The molecule has 0 aliphatic carbocycles. The van der Waals surface area contributed by atoms with Crippen LogP contribution in [0, 0.1) is 0 Å². The van der Waals surface area contributed by atoms with Gasteiger partial charge in [-0.2, -0.15) is 0 Å². The Balaban J connectivity index is 1.70. The SMILES string of the molecule is CCOc1ccc(C2=C(N3CCCCC3)C(=O)N(Cc3ccncc3)C2=O)cc1. The number of nitrogens with zero attached hydrogens (tertiary/aromatic N) is 3. The molecule has 4 rings (SSSR count). The van der Waals surface area contributed by atoms with Crippen molar-refractivity contribution in [2.75, 3.05) is 19.7 Å². The summed E-state index contributed by atoms with van der Waals surface area (Å²) in [5.74, 6) is 0.302. The first-order valence-electron chi connectivity index (χ1n) is 10.2. The lowest BCUT2D eigenvalue weighted by atomic mass is 10.0. The number of carbonyl (C=O) groups is 2. The van der Waals surface area contributed by atoms with E-state index in [-0.39, 0.29) is 18.4 Å². The molecular formula is C23H25N3O3. The summed E-state index contributed by atoms with van der Waals surface area (Å²) in [6, 6.07) is 11.1. The van der Waals surface area contributed by atoms with Gasteiger partial charge in [-0.3, -0.25) is 19.5 Å². The van der Waals surface area contributed by atoms with Crippen molar-refractivity contribution in [3.8, 4) is 5.75 Å². The Labute approximate surface area is 170 Å². The lowest BCUT2D eigenvalue weighted by molar-refractivity contribution is -0.138. The summed E-state index contributed by atoms with van der Waals surface area (Å²) in [4.78, 5) is 34.1. The van der Waals surface area contributed by atoms with Crippen molar-refractivity contribution in [3.63, 3.8) is 0 Å². The maximum Gasteiger partial charge on any atom is 0.278 e. The molecule has 3 heterocycles. The Hall–Kier alpha value is -3.15. The van der Waals surface area contributed by atoms with E-state index in [0.29, 0.717) is 17.9 Å². The van der Waals surface area contributed by atoms with E-state index in [1.54, 1.807) is 12.4 Å². The molecule has 0 N–H and O–H groups in total. The first-order valence-corrected chi connectivity index (χ1v) is 10.2. The number of pyridine rings is 1. The molecule has 1 aromatic heterocycles. The van der Waals surface area contributed by atoms with Crippen LogP contribution < -0.4 is 4.74 Å². The first kappa shape index (κ1) is 19.2. The number of piperidine rings is 1. The fraction of sp³-hybridized carbons (Fsp3) is 0.348. The van der Waals surface area contributed by atoms with Crippen molar-refractivity contribution in [1.82, 2.24) is 14.8 Å². The number of carbonyl (C=O) groups excluding carboxylic acids is 2. The zero-order chi connectivity index (χ0) is 20.2. The van der Waals surface area contributed by atoms with Crippen LogP contribution >= 0.6 is 0 Å². The number of hydrogen-bond donors (Lipinski definition) is 0. The Morgan fingerprint density at radius 2 is 1.62 bits per heavy atom. The van der Waals surface area contributed by atoms with Crippen LogP contribution in [0.5, 0.6) is 5.75 Å². The summed E-state index contributed by atoms with van der Waals surface area (Å²) in [6.07, 6.45) is 6.57. The highest BCUT2D eigenvalue weighted by Gasteiger charge is 2.41. The second kappa shape index (κ2) is 8.47. The number of hydrogen-bond acceptors (Lipinski definition) is 5. The van der Waals surface area contributed by atoms with Crippen LogP contribution in [-0.4, -0.2) is 46.3 Å². The van der Waals surface area contributed by atoms with E-state index < -0.39 is 0 Å². The summed E-state index contributed by atoms with van der Waals surface area (Å²) in [5.41, 5.74) is 2.67. The molecule has 1 fully saturated rings. The summed E-state index contributed by atoms with van der Waals surface area (Å²) in [5, 5.41) is 0. The minimum absolute atomic E-state index is 0.211. The summed E-state index contributed by atoms with van der Waals surface area (Å²) in [6.45, 7) is 4.37. The third-order valence-corrected chi connectivity index (χ3v) is 5.36. The highest BCUT2D eigenvalue weighted by atomic mass is 16.5. The topological polar surface area (TPSA) is 62.7 Å². The monoisotopic (exact) mass is 391 g/mol. The molecule has 0 spiro atoms. The van der Waals surface area contributed by atoms with Gasteiger partial charge in [-0.15, -0.1) is 0 Å². The summed E-state index contributed by atoms with van der Waals surface area (Å²) >= 11 is 0. The number of aromatic nitrogens is 1. The maximum absolute atomic E-state index is 13.4. The molecule has 0 radical (unpaired) electrons. The van der Waals surface area contributed by atoms with Crippen LogP contribution in [0.15, 0.2) is 54.5 Å². The smallest absolute Gasteiger partial charge is 0.278 e. The van der Waals surface area contributed by atoms with E-state index in [2.05, 4.69) is 9.88 Å². The second-order valence-electron chi connectivity index (χ2n) is 7.28. The van der Waals surface area contributed by atoms with Gasteiger partial charge in [0, 0.05) is 25.5 Å². The van der Waals surface area contributed by atoms with Crippen LogP contribution in [0.4, 0.5) is 0 Å². The van der Waals surface area contributed by atoms with Crippen LogP contribution in [-0.2, 0) is 16.1 Å². The molecule has 0 atom stereocenters. The molecule has 2 aromatic rings. The maximum atomic E-state index is 13.4. The van der Waals surface area contributed by atoms with Crippen molar-refractivity contribution in [3.05, 3.63) is 65.6 Å². The highest BCUT2D eigenvalue weighted by Crippen LogP contribution is 2.34. The quantitative estimate of drug-likeness (QED) is 0.708. The van der Waals surface area contributed by atoms with Gasteiger partial charge in [0.15, 0.2) is 0 Å². The minimum atomic E-state index is -0.239. The average molecular weight is 391 g/mol. The standard InChI is InChI=1S/C23H25N3O3/c1-2-29-19-8-6-18(7-9-19)20-21(25-14-4-3-5-15-25)23(28)26(22(20)27)16-17-10-12-24-13-11-17/h6-13H,2-5,14-16H2,1H3. The number of likely N-dealkylation sites (tertiary alicyclic amines) is 1. The van der Waals surface area contributed by atoms with E-state index in [1.165, 1.54) is 4.90 Å². The molecule has 150 valence electrons. The number of ether oxygens (including phenoxy) is 1. The molecule has 1 aromatic carbocycles. The van der Waals surface area contributed by atoms with Gasteiger partial charge in [0.25, 0.3) is 11.8 Å². The Morgan fingerprint density at radius 3 is 2.28 bits per heavy atom. The number of rotatable bonds is 6. The predicted octanol–water partition coefficient (Wildman–Crippen LogP) is 3.25. The van der Waals surface area contributed by atoms with E-state index in [1.807, 2.05) is 43.3 Å². The third kappa shape index (κ3) is 3.88. The van der Waals surface area contributed by atoms with Gasteiger partial charge in [0.1, 0.15) is 11.4 Å². The fourth-order valence-electron chi connectivity index (χ4n) is 3.93. The van der Waals surface area contributed by atoms with Crippen molar-refractivity contribution >= 4 is 17.4 Å². The van der Waals surface area contributed by atoms with E-state index >= 15 is 0 Å². The van der Waals surface area contributed by atoms with E-state index in [0.717, 1.165) is 49.2 Å². The Morgan fingerprint density at radius 1 is 0.931 bits per heavy atom. The van der Waals surface area contributed by atoms with Gasteiger partial charge < -0.3 is 9.64 Å². The first-order chi connectivity index (χ1) is 14.2. The van der Waals surface area contributed by atoms with Gasteiger partial charge in [0.2, 0.25) is 0 Å². The van der Waals surface area contributed by atoms with Crippen LogP contribution in [0.2, 0.25) is 0 Å². The summed E-state index contributed by atoms with van der Waals surface area (Å²) < 4.78 is 5.52.